The SMILES string of the molecule is CCC1(CCC(C)C)C(=O)N(C)C(=O)N(C)C1=O. The van der Waals surface area contributed by atoms with Crippen LogP contribution in [0.2, 0.25) is 0 Å². The minimum atomic E-state index is -1.05. The van der Waals surface area contributed by atoms with Crippen molar-refractivity contribution in [1.82, 2.24) is 9.80 Å². The van der Waals surface area contributed by atoms with Gasteiger partial charge in [0, 0.05) is 14.1 Å². The normalized spacial score (nSPS) is 20.0. The highest BCUT2D eigenvalue weighted by Gasteiger charge is 2.53. The van der Waals surface area contributed by atoms with Crippen molar-refractivity contribution in [3.05, 3.63) is 0 Å². The van der Waals surface area contributed by atoms with E-state index in [4.69, 9.17) is 0 Å². The molecule has 0 N–H and O–H groups in total. The predicted octanol–water partition coefficient (Wildman–Crippen LogP) is 1.87. The van der Waals surface area contributed by atoms with Gasteiger partial charge in [0.05, 0.1) is 0 Å². The van der Waals surface area contributed by atoms with E-state index in [9.17, 15) is 14.4 Å². The second-order valence-corrected chi connectivity index (χ2v) is 5.38. The number of carbonyl (C=O) groups excluding carboxylic acids is 3. The van der Waals surface area contributed by atoms with Gasteiger partial charge in [-0.1, -0.05) is 20.8 Å². The van der Waals surface area contributed by atoms with Gasteiger partial charge in [0.15, 0.2) is 0 Å². The topological polar surface area (TPSA) is 57.7 Å². The number of amides is 4. The quantitative estimate of drug-likeness (QED) is 0.720. The minimum Gasteiger partial charge on any atom is -0.273 e. The van der Waals surface area contributed by atoms with Crippen molar-refractivity contribution >= 4 is 17.8 Å². The molecule has 1 fully saturated rings. The summed E-state index contributed by atoms with van der Waals surface area (Å²) < 4.78 is 0. The van der Waals surface area contributed by atoms with Gasteiger partial charge in [-0.15, -0.1) is 0 Å². The van der Waals surface area contributed by atoms with Gasteiger partial charge in [-0.2, -0.15) is 0 Å². The van der Waals surface area contributed by atoms with Gasteiger partial charge in [-0.05, 0) is 25.2 Å². The highest BCUT2D eigenvalue weighted by atomic mass is 16.2. The smallest absolute Gasteiger partial charge is 0.273 e. The Morgan fingerprint density at radius 1 is 1.06 bits per heavy atom. The maximum atomic E-state index is 12.3. The molecule has 1 aliphatic heterocycles. The summed E-state index contributed by atoms with van der Waals surface area (Å²) in [5, 5.41) is 0. The van der Waals surface area contributed by atoms with Crippen LogP contribution in [0.4, 0.5) is 4.79 Å². The Morgan fingerprint density at radius 3 is 1.83 bits per heavy atom. The van der Waals surface area contributed by atoms with E-state index >= 15 is 0 Å². The van der Waals surface area contributed by atoms with E-state index in [2.05, 4.69) is 13.8 Å². The second-order valence-electron chi connectivity index (χ2n) is 5.38. The van der Waals surface area contributed by atoms with Gasteiger partial charge in [-0.25, -0.2) is 4.79 Å². The zero-order valence-corrected chi connectivity index (χ0v) is 11.8. The van der Waals surface area contributed by atoms with Crippen molar-refractivity contribution < 1.29 is 14.4 Å². The zero-order chi connectivity index (χ0) is 14.1. The van der Waals surface area contributed by atoms with Crippen molar-refractivity contribution in [2.45, 2.75) is 40.0 Å². The molecule has 0 saturated carbocycles. The molecule has 102 valence electrons. The number of nitrogens with zero attached hydrogens (tertiary/aromatic N) is 2. The van der Waals surface area contributed by atoms with Gasteiger partial charge in [0.1, 0.15) is 5.41 Å². The van der Waals surface area contributed by atoms with Crippen LogP contribution in [0, 0.1) is 11.3 Å². The van der Waals surface area contributed by atoms with Gasteiger partial charge >= 0.3 is 6.03 Å². The maximum Gasteiger partial charge on any atom is 0.332 e. The number of imide groups is 2. The third-order valence-corrected chi connectivity index (χ3v) is 3.75. The van der Waals surface area contributed by atoms with Crippen molar-refractivity contribution in [2.24, 2.45) is 11.3 Å². The zero-order valence-electron chi connectivity index (χ0n) is 11.8. The Hall–Kier alpha value is -1.39. The number of hydrogen-bond acceptors (Lipinski definition) is 3. The number of hydrogen-bond donors (Lipinski definition) is 0. The molecule has 0 bridgehead atoms. The lowest BCUT2D eigenvalue weighted by molar-refractivity contribution is -0.158. The van der Waals surface area contributed by atoms with E-state index in [1.807, 2.05) is 6.92 Å². The molecule has 5 nitrogen and oxygen atoms in total. The summed E-state index contributed by atoms with van der Waals surface area (Å²) in [7, 11) is 2.88. The summed E-state index contributed by atoms with van der Waals surface area (Å²) in [5.41, 5.74) is -1.05. The third-order valence-electron chi connectivity index (χ3n) is 3.75. The summed E-state index contributed by atoms with van der Waals surface area (Å²) in [6.07, 6.45) is 1.72. The first kappa shape index (κ1) is 14.7. The summed E-state index contributed by atoms with van der Waals surface area (Å²) in [6.45, 7) is 5.94. The van der Waals surface area contributed by atoms with E-state index in [1.54, 1.807) is 0 Å². The minimum absolute atomic E-state index is 0.362. The second kappa shape index (κ2) is 5.08. The van der Waals surface area contributed by atoms with Crippen LogP contribution in [0.5, 0.6) is 0 Å². The fraction of sp³-hybridized carbons (Fsp3) is 0.769. The molecule has 18 heavy (non-hydrogen) atoms. The molecule has 0 spiro atoms. The fourth-order valence-electron chi connectivity index (χ4n) is 2.36. The Bertz CT molecular complexity index is 352. The van der Waals surface area contributed by atoms with E-state index in [-0.39, 0.29) is 11.8 Å². The Balaban J connectivity index is 3.10. The van der Waals surface area contributed by atoms with Crippen LogP contribution >= 0.6 is 0 Å². The average Bonchev–Trinajstić information content (AvgIpc) is 2.34. The maximum absolute atomic E-state index is 12.3. The van der Waals surface area contributed by atoms with E-state index in [0.29, 0.717) is 18.8 Å². The summed E-state index contributed by atoms with van der Waals surface area (Å²) in [4.78, 5) is 38.4. The lowest BCUT2D eigenvalue weighted by atomic mass is 9.75. The number of barbiturate groups is 1. The molecule has 5 heteroatoms. The summed E-state index contributed by atoms with van der Waals surface area (Å²) >= 11 is 0. The number of urea groups is 1. The van der Waals surface area contributed by atoms with Crippen molar-refractivity contribution in [3.63, 3.8) is 0 Å². The molecule has 1 heterocycles. The van der Waals surface area contributed by atoms with Gasteiger partial charge < -0.3 is 0 Å². The van der Waals surface area contributed by atoms with Crippen molar-refractivity contribution in [1.29, 1.82) is 0 Å². The molecule has 0 aromatic rings. The molecule has 0 aromatic carbocycles. The molecule has 0 aromatic heterocycles. The third kappa shape index (κ3) is 2.13. The summed E-state index contributed by atoms with van der Waals surface area (Å²) in [6, 6.07) is -0.543. The number of rotatable bonds is 4. The molecule has 0 aliphatic carbocycles. The van der Waals surface area contributed by atoms with Crippen LogP contribution in [-0.4, -0.2) is 41.7 Å². The highest BCUT2D eigenvalue weighted by Crippen LogP contribution is 2.37. The van der Waals surface area contributed by atoms with Crippen LogP contribution in [0.3, 0.4) is 0 Å². The molecule has 1 rings (SSSR count). The Labute approximate surface area is 108 Å². The average molecular weight is 254 g/mol. The van der Waals surface area contributed by atoms with E-state index in [0.717, 1.165) is 16.2 Å². The molecule has 4 amide bonds. The molecular formula is C13H22N2O3. The fourth-order valence-corrected chi connectivity index (χ4v) is 2.36. The first-order valence-electron chi connectivity index (χ1n) is 6.38. The molecule has 1 aliphatic rings. The molecule has 1 saturated heterocycles. The van der Waals surface area contributed by atoms with Gasteiger partial charge in [0.2, 0.25) is 11.8 Å². The first-order chi connectivity index (χ1) is 8.27. The predicted molar refractivity (Wildman–Crippen MR) is 67.7 cm³/mol. The standard InChI is InChI=1S/C13H22N2O3/c1-6-13(8-7-9(2)3)10(16)14(4)12(18)15(5)11(13)17/h9H,6-8H2,1-5H3. The largest absolute Gasteiger partial charge is 0.332 e. The van der Waals surface area contributed by atoms with Crippen LogP contribution in [-0.2, 0) is 9.59 Å². The summed E-state index contributed by atoms with van der Waals surface area (Å²) in [5.74, 6) is -0.306. The van der Waals surface area contributed by atoms with Crippen LogP contribution in [0.1, 0.15) is 40.0 Å². The molecule has 0 atom stereocenters. The monoisotopic (exact) mass is 254 g/mol. The molecular weight excluding hydrogens is 232 g/mol. The highest BCUT2D eigenvalue weighted by molar-refractivity contribution is 6.18. The van der Waals surface area contributed by atoms with Crippen molar-refractivity contribution in [3.8, 4) is 0 Å². The van der Waals surface area contributed by atoms with Crippen molar-refractivity contribution in [2.75, 3.05) is 14.1 Å². The first-order valence-corrected chi connectivity index (χ1v) is 6.38. The van der Waals surface area contributed by atoms with E-state index < -0.39 is 11.4 Å². The van der Waals surface area contributed by atoms with Crippen LogP contribution in [0.15, 0.2) is 0 Å². The Morgan fingerprint density at radius 2 is 1.50 bits per heavy atom. The Kier molecular flexibility index (Phi) is 4.14. The van der Waals surface area contributed by atoms with Crippen LogP contribution in [0.25, 0.3) is 0 Å². The lowest BCUT2D eigenvalue weighted by Crippen LogP contribution is -2.62. The van der Waals surface area contributed by atoms with Gasteiger partial charge in [0.25, 0.3) is 0 Å². The van der Waals surface area contributed by atoms with E-state index in [1.165, 1.54) is 14.1 Å². The molecule has 0 radical (unpaired) electrons. The van der Waals surface area contributed by atoms with Crippen LogP contribution < -0.4 is 0 Å². The number of carbonyl (C=O) groups is 3. The lowest BCUT2D eigenvalue weighted by Gasteiger charge is -2.41. The van der Waals surface area contributed by atoms with Gasteiger partial charge in [-0.3, -0.25) is 19.4 Å². The molecule has 0 unspecified atom stereocenters.